The van der Waals surface area contributed by atoms with Gasteiger partial charge < -0.3 is 26.4 Å². The molecule has 1 aliphatic rings. The van der Waals surface area contributed by atoms with E-state index < -0.39 is 29.5 Å². The van der Waals surface area contributed by atoms with Crippen molar-refractivity contribution < 1.29 is 19.5 Å². The predicted molar refractivity (Wildman–Crippen MR) is 204 cm³/mol. The number of nitrogens with two attached hydrogens (primary N) is 1. The number of anilines is 1. The lowest BCUT2D eigenvalue weighted by Gasteiger charge is -2.35. The highest BCUT2D eigenvalue weighted by Gasteiger charge is 2.44. The van der Waals surface area contributed by atoms with Gasteiger partial charge in [-0.15, -0.1) is 21.5 Å². The Bertz CT molecular complexity index is 1970. The van der Waals surface area contributed by atoms with Crippen LogP contribution in [0.3, 0.4) is 0 Å². The number of hydrogen-bond acceptors (Lipinski definition) is 9. The molecule has 0 unspecified atom stereocenters. The number of nitrogen functional groups attached to an aromatic ring is 1. The van der Waals surface area contributed by atoms with Gasteiger partial charge in [0.2, 0.25) is 17.7 Å². The normalized spacial score (nSPS) is 16.8. The van der Waals surface area contributed by atoms with Crippen LogP contribution >= 0.6 is 22.9 Å². The van der Waals surface area contributed by atoms with Gasteiger partial charge in [-0.05, 0) is 60.6 Å². The summed E-state index contributed by atoms with van der Waals surface area (Å²) >= 11 is 7.54. The van der Waals surface area contributed by atoms with Crippen molar-refractivity contribution in [2.75, 3.05) is 12.3 Å². The van der Waals surface area contributed by atoms with Crippen LogP contribution in [-0.2, 0) is 14.4 Å². The topological polar surface area (TPSA) is 163 Å². The van der Waals surface area contributed by atoms with Crippen LogP contribution in [-0.4, -0.2) is 67.6 Å². The molecule has 2 aromatic carbocycles. The number of nitrogens with zero attached hydrogens (tertiary/aromatic N) is 4. The number of thiazole rings is 1. The van der Waals surface area contributed by atoms with Gasteiger partial charge in [0.05, 0.1) is 28.2 Å². The largest absolute Gasteiger partial charge is 0.391 e. The third-order valence-corrected chi connectivity index (χ3v) is 10.1. The molecule has 272 valence electrons. The molecule has 0 bridgehead atoms. The average molecular weight is 742 g/mol. The van der Waals surface area contributed by atoms with Crippen molar-refractivity contribution in [2.45, 2.75) is 84.5 Å². The van der Waals surface area contributed by atoms with Crippen molar-refractivity contribution in [3.63, 3.8) is 0 Å². The molecule has 4 atom stereocenters. The van der Waals surface area contributed by atoms with Crippen LogP contribution in [0.15, 0.2) is 60.1 Å². The summed E-state index contributed by atoms with van der Waals surface area (Å²) in [6.45, 7) is 9.45. The van der Waals surface area contributed by atoms with Gasteiger partial charge >= 0.3 is 0 Å². The number of carbonyl (C=O) groups excluding carboxylic acids is 3. The highest BCUT2D eigenvalue weighted by atomic mass is 35.5. The van der Waals surface area contributed by atoms with E-state index in [9.17, 15) is 19.5 Å². The molecule has 1 aliphatic heterocycles. The summed E-state index contributed by atoms with van der Waals surface area (Å²) in [7, 11) is 0. The molecule has 11 nitrogen and oxygen atoms in total. The quantitative estimate of drug-likeness (QED) is 0.119. The Morgan fingerprint density at radius 2 is 1.77 bits per heavy atom. The van der Waals surface area contributed by atoms with Crippen LogP contribution in [0, 0.1) is 24.2 Å². The maximum absolute atomic E-state index is 14.0. The lowest BCUT2D eigenvalue weighted by atomic mass is 9.85. The Morgan fingerprint density at radius 1 is 1.08 bits per heavy atom. The summed E-state index contributed by atoms with van der Waals surface area (Å²) in [6.07, 6.45) is 0.409. The molecule has 52 heavy (non-hydrogen) atoms. The molecule has 5 rings (SSSR count). The molecule has 0 radical (unpaired) electrons. The Kier molecular flexibility index (Phi) is 12.3. The number of aliphatic hydroxyl groups is 1. The van der Waals surface area contributed by atoms with Gasteiger partial charge in [-0.2, -0.15) is 0 Å². The van der Waals surface area contributed by atoms with Crippen LogP contribution in [0.1, 0.15) is 76.2 Å². The fourth-order valence-corrected chi connectivity index (χ4v) is 7.05. The molecule has 13 heteroatoms. The Labute approximate surface area is 313 Å². The Balaban J connectivity index is 1.15. The van der Waals surface area contributed by atoms with Crippen LogP contribution < -0.4 is 16.4 Å². The highest BCUT2D eigenvalue weighted by molar-refractivity contribution is 7.13. The number of nitrogens with one attached hydrogen (secondary N) is 2. The molecular formula is C39H44ClN7O4S. The summed E-state index contributed by atoms with van der Waals surface area (Å²) in [6, 6.07) is 15.0. The number of amides is 3. The second-order valence-electron chi connectivity index (χ2n) is 14.1. The zero-order valence-electron chi connectivity index (χ0n) is 29.9. The number of aromatic nitrogens is 3. The lowest BCUT2D eigenvalue weighted by molar-refractivity contribution is -0.144. The second kappa shape index (κ2) is 16.7. The molecular weight excluding hydrogens is 698 g/mol. The van der Waals surface area contributed by atoms with Gasteiger partial charge in [0.1, 0.15) is 12.1 Å². The SMILES string of the molecule is Cc1ncsc1-c1ccc([C@H](C)NC(=O)[C@@H]2C[C@@H](O)CN2C(=O)[C@@H](NC(=O)CCCC#Cc2ccc(-c3cc(Cl)nnc3N)cc2)C(C)(C)C)cc1. The second-order valence-corrected chi connectivity index (χ2v) is 15.3. The van der Waals surface area contributed by atoms with E-state index in [0.717, 1.165) is 32.8 Å². The number of β-amino-alcohol motifs (C(OH)–C–C–N with tert-alkyl or cyclic N) is 1. The van der Waals surface area contributed by atoms with E-state index >= 15 is 0 Å². The van der Waals surface area contributed by atoms with Crippen molar-refractivity contribution in [2.24, 2.45) is 5.41 Å². The van der Waals surface area contributed by atoms with E-state index in [-0.39, 0.29) is 48.2 Å². The molecule has 2 aromatic heterocycles. The lowest BCUT2D eigenvalue weighted by Crippen LogP contribution is -2.57. The van der Waals surface area contributed by atoms with E-state index in [0.29, 0.717) is 18.4 Å². The third-order valence-electron chi connectivity index (χ3n) is 8.99. The van der Waals surface area contributed by atoms with E-state index in [2.05, 4.69) is 37.7 Å². The monoisotopic (exact) mass is 741 g/mol. The minimum Gasteiger partial charge on any atom is -0.391 e. The third kappa shape index (κ3) is 9.53. The minimum atomic E-state index is -0.898. The zero-order chi connectivity index (χ0) is 37.6. The van der Waals surface area contributed by atoms with Gasteiger partial charge in [0, 0.05) is 36.9 Å². The first-order valence-electron chi connectivity index (χ1n) is 17.2. The maximum Gasteiger partial charge on any atom is 0.246 e. The molecule has 3 heterocycles. The summed E-state index contributed by atoms with van der Waals surface area (Å²) in [4.78, 5) is 47.4. The molecule has 0 saturated carbocycles. The maximum atomic E-state index is 14.0. The Hall–Kier alpha value is -4.83. The first kappa shape index (κ1) is 38.4. The van der Waals surface area contributed by atoms with Gasteiger partial charge in [-0.3, -0.25) is 14.4 Å². The summed E-state index contributed by atoms with van der Waals surface area (Å²) in [5, 5.41) is 24.4. The molecule has 1 saturated heterocycles. The fourth-order valence-electron chi connectivity index (χ4n) is 6.09. The fraction of sp³-hybridized carbons (Fsp3) is 0.385. The highest BCUT2D eigenvalue weighted by Crippen LogP contribution is 2.30. The molecule has 5 N–H and O–H groups in total. The van der Waals surface area contributed by atoms with E-state index in [1.807, 2.05) is 88.7 Å². The number of benzene rings is 2. The van der Waals surface area contributed by atoms with Crippen LogP contribution in [0.2, 0.25) is 5.15 Å². The summed E-state index contributed by atoms with van der Waals surface area (Å²) < 4.78 is 0. The first-order valence-corrected chi connectivity index (χ1v) is 18.4. The number of hydrogen-bond donors (Lipinski definition) is 4. The van der Waals surface area contributed by atoms with Crippen LogP contribution in [0.5, 0.6) is 0 Å². The number of aliphatic hydroxyl groups excluding tert-OH is 1. The van der Waals surface area contributed by atoms with Crippen molar-refractivity contribution >= 4 is 46.5 Å². The number of aryl methyl sites for hydroxylation is 1. The molecule has 0 spiro atoms. The number of halogens is 1. The van der Waals surface area contributed by atoms with Crippen molar-refractivity contribution in [1.29, 1.82) is 0 Å². The van der Waals surface area contributed by atoms with Crippen LogP contribution in [0.4, 0.5) is 5.82 Å². The predicted octanol–water partition coefficient (Wildman–Crippen LogP) is 5.70. The minimum absolute atomic E-state index is 0.00773. The number of carbonyl (C=O) groups is 3. The smallest absolute Gasteiger partial charge is 0.246 e. The van der Waals surface area contributed by atoms with Gasteiger partial charge in [0.25, 0.3) is 0 Å². The summed E-state index contributed by atoms with van der Waals surface area (Å²) in [5.41, 5.74) is 12.4. The number of unbranched alkanes of at least 4 members (excludes halogenated alkanes) is 1. The van der Waals surface area contributed by atoms with E-state index in [1.165, 1.54) is 4.90 Å². The van der Waals surface area contributed by atoms with Gasteiger partial charge in [-0.25, -0.2) is 4.98 Å². The standard InChI is InChI=1S/C39H44ClN7O4S/c1-23(26-15-17-28(18-16-26)34-24(2)42-22-52-34)43-37(50)31-19-29(48)21-47(31)38(51)35(39(3,4)5)44-33(49)10-8-6-7-9-25-11-13-27(14-12-25)30-20-32(40)45-46-36(30)41/h11-18,20,22-23,29,31,35,48H,6,8,10,19,21H2,1-5H3,(H2,41,46)(H,43,50)(H,44,49)/t23-,29+,31-,35+/m0/s1. The first-order chi connectivity index (χ1) is 24.7. The zero-order valence-corrected chi connectivity index (χ0v) is 31.5. The van der Waals surface area contributed by atoms with Gasteiger partial charge in [-0.1, -0.05) is 80.6 Å². The summed E-state index contributed by atoms with van der Waals surface area (Å²) in [5.74, 6) is 5.46. The van der Waals surface area contributed by atoms with Gasteiger partial charge in [0.15, 0.2) is 11.0 Å². The Morgan fingerprint density at radius 3 is 2.42 bits per heavy atom. The van der Waals surface area contributed by atoms with Crippen molar-refractivity contribution in [3.8, 4) is 33.4 Å². The van der Waals surface area contributed by atoms with Crippen molar-refractivity contribution in [1.82, 2.24) is 30.7 Å². The average Bonchev–Trinajstić information content (AvgIpc) is 3.73. The van der Waals surface area contributed by atoms with E-state index in [1.54, 1.807) is 17.4 Å². The van der Waals surface area contributed by atoms with Crippen LogP contribution in [0.25, 0.3) is 21.6 Å². The number of rotatable bonds is 10. The van der Waals surface area contributed by atoms with Crippen molar-refractivity contribution in [3.05, 3.63) is 82.1 Å². The molecule has 3 amide bonds. The number of likely N-dealkylation sites (tertiary alicyclic amines) is 1. The molecule has 1 fully saturated rings. The molecule has 4 aromatic rings. The molecule has 0 aliphatic carbocycles. The van der Waals surface area contributed by atoms with E-state index in [4.69, 9.17) is 17.3 Å².